The van der Waals surface area contributed by atoms with E-state index in [2.05, 4.69) is 37.7 Å². The summed E-state index contributed by atoms with van der Waals surface area (Å²) in [5.41, 5.74) is 0.0576. The lowest BCUT2D eigenvalue weighted by Crippen LogP contribution is -2.40. The van der Waals surface area contributed by atoms with E-state index < -0.39 is 17.1 Å². The molecule has 4 aromatic rings. The average molecular weight is 446 g/mol. The van der Waals surface area contributed by atoms with Gasteiger partial charge in [-0.05, 0) is 35.0 Å². The SMILES string of the molecule is CC#CCn1c(Br)nc2c1c(=O)n(Cc1nc3cc(F)ccc3o1)c(=O)n2C. The van der Waals surface area contributed by atoms with Crippen molar-refractivity contribution in [2.75, 3.05) is 0 Å². The molecule has 0 fully saturated rings. The van der Waals surface area contributed by atoms with E-state index >= 15 is 0 Å². The highest BCUT2D eigenvalue weighted by Gasteiger charge is 2.20. The molecular formula is C18H13BrFN5O3. The summed E-state index contributed by atoms with van der Waals surface area (Å²) in [5.74, 6) is 5.31. The standard InChI is InChI=1S/C18H13BrFN5O3/c1-3-4-7-24-14-15(22-17(24)19)23(2)18(27)25(16(14)26)9-13-21-11-8-10(20)5-6-12(11)28-13/h5-6,8H,7,9H2,1-2H3. The summed E-state index contributed by atoms with van der Waals surface area (Å²) in [7, 11) is 1.53. The van der Waals surface area contributed by atoms with Crippen LogP contribution in [0.25, 0.3) is 22.3 Å². The van der Waals surface area contributed by atoms with E-state index in [0.29, 0.717) is 15.8 Å². The van der Waals surface area contributed by atoms with Gasteiger partial charge in [0.05, 0.1) is 6.54 Å². The van der Waals surface area contributed by atoms with Crippen molar-refractivity contribution >= 4 is 38.2 Å². The fraction of sp³-hybridized carbons (Fsp3) is 0.222. The summed E-state index contributed by atoms with van der Waals surface area (Å²) in [5, 5.41) is 0. The summed E-state index contributed by atoms with van der Waals surface area (Å²) in [6, 6.07) is 3.92. The van der Waals surface area contributed by atoms with Crippen molar-refractivity contribution in [2.24, 2.45) is 7.05 Å². The van der Waals surface area contributed by atoms with Gasteiger partial charge in [-0.3, -0.25) is 9.36 Å². The second-order valence-corrected chi connectivity index (χ2v) is 6.73. The van der Waals surface area contributed by atoms with Crippen LogP contribution in [0, 0.1) is 17.7 Å². The lowest BCUT2D eigenvalue weighted by atomic mass is 10.3. The molecule has 8 nitrogen and oxygen atoms in total. The quantitative estimate of drug-likeness (QED) is 0.355. The summed E-state index contributed by atoms with van der Waals surface area (Å²) in [6.45, 7) is 1.74. The van der Waals surface area contributed by atoms with Crippen molar-refractivity contribution in [3.05, 3.63) is 55.5 Å². The van der Waals surface area contributed by atoms with Crippen molar-refractivity contribution in [2.45, 2.75) is 20.0 Å². The summed E-state index contributed by atoms with van der Waals surface area (Å²) in [6.07, 6.45) is 0. The van der Waals surface area contributed by atoms with E-state index in [4.69, 9.17) is 4.42 Å². The molecule has 4 rings (SSSR count). The van der Waals surface area contributed by atoms with Crippen molar-refractivity contribution in [1.82, 2.24) is 23.7 Å². The van der Waals surface area contributed by atoms with Gasteiger partial charge in [0.2, 0.25) is 5.89 Å². The number of hydrogen-bond acceptors (Lipinski definition) is 5. The Morgan fingerprint density at radius 1 is 1.25 bits per heavy atom. The molecule has 1 aromatic carbocycles. The van der Waals surface area contributed by atoms with Crippen LogP contribution in [0.1, 0.15) is 12.8 Å². The third-order valence-electron chi connectivity index (χ3n) is 4.29. The molecule has 0 saturated heterocycles. The normalized spacial score (nSPS) is 11.1. The highest BCUT2D eigenvalue weighted by Crippen LogP contribution is 2.18. The van der Waals surface area contributed by atoms with Gasteiger partial charge in [0, 0.05) is 13.1 Å². The number of fused-ring (bicyclic) bond motifs is 2. The van der Waals surface area contributed by atoms with Gasteiger partial charge in [0.25, 0.3) is 5.56 Å². The van der Waals surface area contributed by atoms with E-state index in [-0.39, 0.29) is 30.1 Å². The van der Waals surface area contributed by atoms with Gasteiger partial charge in [-0.25, -0.2) is 23.7 Å². The summed E-state index contributed by atoms with van der Waals surface area (Å²) < 4.78 is 23.2. The zero-order valence-corrected chi connectivity index (χ0v) is 16.4. The number of hydrogen-bond donors (Lipinski definition) is 0. The number of aromatic nitrogens is 5. The number of oxazole rings is 1. The lowest BCUT2D eigenvalue weighted by Gasteiger charge is -2.07. The topological polar surface area (TPSA) is 87.8 Å². The van der Waals surface area contributed by atoms with Crippen LogP contribution < -0.4 is 11.2 Å². The maximum absolute atomic E-state index is 13.4. The molecule has 0 spiro atoms. The molecule has 3 heterocycles. The smallest absolute Gasteiger partial charge is 0.332 e. The van der Waals surface area contributed by atoms with Crippen LogP contribution in [0.3, 0.4) is 0 Å². The molecule has 0 saturated carbocycles. The second-order valence-electron chi connectivity index (χ2n) is 6.02. The Hall–Kier alpha value is -3.19. The van der Waals surface area contributed by atoms with Crippen LogP contribution in [0.15, 0.2) is 36.9 Å². The lowest BCUT2D eigenvalue weighted by molar-refractivity contribution is 0.491. The molecule has 0 N–H and O–H groups in total. The predicted octanol–water partition coefficient (Wildman–Crippen LogP) is 2.01. The van der Waals surface area contributed by atoms with E-state index in [0.717, 1.165) is 4.57 Å². The zero-order valence-electron chi connectivity index (χ0n) is 14.9. The minimum Gasteiger partial charge on any atom is -0.439 e. The maximum atomic E-state index is 13.4. The molecule has 0 bridgehead atoms. The Labute approximate surface area is 165 Å². The molecule has 28 heavy (non-hydrogen) atoms. The number of imidazole rings is 1. The Balaban J connectivity index is 1.91. The molecular weight excluding hydrogens is 433 g/mol. The van der Waals surface area contributed by atoms with Gasteiger partial charge < -0.3 is 8.98 Å². The number of aryl methyl sites for hydroxylation is 1. The highest BCUT2D eigenvalue weighted by atomic mass is 79.9. The van der Waals surface area contributed by atoms with Gasteiger partial charge in [0.1, 0.15) is 17.9 Å². The van der Waals surface area contributed by atoms with Gasteiger partial charge in [-0.1, -0.05) is 5.92 Å². The van der Waals surface area contributed by atoms with Crippen LogP contribution in [-0.4, -0.2) is 23.7 Å². The molecule has 0 radical (unpaired) electrons. The first-order chi connectivity index (χ1) is 13.4. The molecule has 0 aliphatic carbocycles. The zero-order chi connectivity index (χ0) is 20.0. The van der Waals surface area contributed by atoms with Crippen molar-refractivity contribution in [3.8, 4) is 11.8 Å². The molecule has 3 aromatic heterocycles. The van der Waals surface area contributed by atoms with Gasteiger partial charge in [-0.15, -0.1) is 5.92 Å². The number of benzene rings is 1. The monoisotopic (exact) mass is 445 g/mol. The van der Waals surface area contributed by atoms with Crippen molar-refractivity contribution in [1.29, 1.82) is 0 Å². The third-order valence-corrected chi connectivity index (χ3v) is 4.89. The van der Waals surface area contributed by atoms with Gasteiger partial charge >= 0.3 is 5.69 Å². The van der Waals surface area contributed by atoms with Crippen LogP contribution >= 0.6 is 15.9 Å². The minimum absolute atomic E-state index is 0.123. The van der Waals surface area contributed by atoms with E-state index in [1.807, 2.05) is 0 Å². The molecule has 0 amide bonds. The second kappa shape index (κ2) is 6.76. The highest BCUT2D eigenvalue weighted by molar-refractivity contribution is 9.10. The molecule has 10 heteroatoms. The van der Waals surface area contributed by atoms with Crippen molar-refractivity contribution < 1.29 is 8.81 Å². The fourth-order valence-corrected chi connectivity index (χ4v) is 3.41. The first-order valence-electron chi connectivity index (χ1n) is 8.21. The predicted molar refractivity (Wildman–Crippen MR) is 103 cm³/mol. The van der Waals surface area contributed by atoms with Crippen LogP contribution in [0.5, 0.6) is 0 Å². The number of halogens is 2. The largest absolute Gasteiger partial charge is 0.439 e. The van der Waals surface area contributed by atoms with E-state index in [1.165, 1.54) is 29.8 Å². The molecule has 0 aliphatic heterocycles. The molecule has 142 valence electrons. The minimum atomic E-state index is -0.565. The maximum Gasteiger partial charge on any atom is 0.332 e. The van der Waals surface area contributed by atoms with Crippen LogP contribution in [0.4, 0.5) is 4.39 Å². The first-order valence-corrected chi connectivity index (χ1v) is 9.00. The third kappa shape index (κ3) is 2.84. The Bertz CT molecular complexity index is 1420. The molecule has 0 atom stereocenters. The summed E-state index contributed by atoms with van der Waals surface area (Å²) >= 11 is 3.31. The Kier molecular flexibility index (Phi) is 4.39. The van der Waals surface area contributed by atoms with Crippen molar-refractivity contribution in [3.63, 3.8) is 0 Å². The Morgan fingerprint density at radius 3 is 2.79 bits per heavy atom. The van der Waals surface area contributed by atoms with Gasteiger partial charge in [-0.2, -0.15) is 0 Å². The molecule has 0 aliphatic rings. The number of rotatable bonds is 3. The van der Waals surface area contributed by atoms with Crippen LogP contribution in [0.2, 0.25) is 0 Å². The summed E-state index contributed by atoms with van der Waals surface area (Å²) in [4.78, 5) is 34.2. The fourth-order valence-electron chi connectivity index (χ4n) is 2.94. The average Bonchev–Trinajstić information content (AvgIpc) is 3.21. The molecule has 0 unspecified atom stereocenters. The first kappa shape index (κ1) is 18.2. The van der Waals surface area contributed by atoms with Gasteiger partial charge in [0.15, 0.2) is 21.5 Å². The number of nitrogens with zero attached hydrogens (tertiary/aromatic N) is 5. The Morgan fingerprint density at radius 2 is 2.04 bits per heavy atom. The van der Waals surface area contributed by atoms with Crippen LogP contribution in [-0.2, 0) is 20.1 Å². The van der Waals surface area contributed by atoms with E-state index in [9.17, 15) is 14.0 Å². The van der Waals surface area contributed by atoms with E-state index in [1.54, 1.807) is 11.5 Å².